The molecule has 0 bridgehead atoms. The largest absolute Gasteiger partial charge is 0.399 e. The number of hydrogen-bond acceptors (Lipinski definition) is 4. The average molecular weight is 368 g/mol. The Hall–Kier alpha value is -1.79. The maximum absolute atomic E-state index is 12.4. The third-order valence-electron chi connectivity index (χ3n) is 4.49. The first-order valence-corrected chi connectivity index (χ1v) is 8.62. The molecule has 1 amide bonds. The van der Waals surface area contributed by atoms with Gasteiger partial charge in [0.05, 0.1) is 6.04 Å². The van der Waals surface area contributed by atoms with Gasteiger partial charge in [0, 0.05) is 16.3 Å². The van der Waals surface area contributed by atoms with Crippen molar-refractivity contribution in [2.75, 3.05) is 5.73 Å². The fourth-order valence-electron chi connectivity index (χ4n) is 3.14. The number of carbonyl (C=O) groups excluding carboxylic acids is 1. The van der Waals surface area contributed by atoms with E-state index in [4.69, 9.17) is 5.73 Å². The van der Waals surface area contributed by atoms with Crippen LogP contribution in [0.4, 0.5) is 5.69 Å². The van der Waals surface area contributed by atoms with Crippen LogP contribution in [-0.2, 0) is 17.8 Å². The lowest BCUT2D eigenvalue weighted by Crippen LogP contribution is -2.35. The van der Waals surface area contributed by atoms with Crippen LogP contribution in [0, 0.1) is 13.8 Å². The van der Waals surface area contributed by atoms with Crippen LogP contribution >= 0.6 is 23.7 Å². The number of aromatic nitrogens is 1. The maximum Gasteiger partial charge on any atom is 0.308 e. The van der Waals surface area contributed by atoms with E-state index in [-0.39, 0.29) is 35.8 Å². The van der Waals surface area contributed by atoms with Crippen molar-refractivity contribution >= 4 is 35.3 Å². The predicted molar refractivity (Wildman–Crippen MR) is 100.0 cm³/mol. The second-order valence-corrected chi connectivity index (χ2v) is 7.23. The van der Waals surface area contributed by atoms with Gasteiger partial charge >= 0.3 is 4.87 Å². The van der Waals surface area contributed by atoms with Crippen molar-refractivity contribution in [3.63, 3.8) is 0 Å². The summed E-state index contributed by atoms with van der Waals surface area (Å²) in [4.78, 5) is 25.2. The Balaban J connectivity index is 0.00000208. The highest BCUT2D eigenvalue weighted by atomic mass is 35.5. The summed E-state index contributed by atoms with van der Waals surface area (Å²) in [6, 6.07) is 5.87. The van der Waals surface area contributed by atoms with Gasteiger partial charge in [-0.3, -0.25) is 14.2 Å². The van der Waals surface area contributed by atoms with Crippen molar-refractivity contribution in [2.45, 2.75) is 45.7 Å². The SMILES string of the molecule is Cc1sc(=O)n(CC(=O)NC2CCCc3cc(N)ccc32)c1C.Cl. The van der Waals surface area contributed by atoms with Gasteiger partial charge in [-0.15, -0.1) is 12.4 Å². The van der Waals surface area contributed by atoms with Gasteiger partial charge in [-0.2, -0.15) is 0 Å². The zero-order chi connectivity index (χ0) is 16.6. The summed E-state index contributed by atoms with van der Waals surface area (Å²) >= 11 is 1.19. The Kier molecular flexibility index (Phi) is 5.72. The Morgan fingerprint density at radius 3 is 2.83 bits per heavy atom. The van der Waals surface area contributed by atoms with E-state index < -0.39 is 0 Å². The minimum Gasteiger partial charge on any atom is -0.399 e. The van der Waals surface area contributed by atoms with E-state index in [2.05, 4.69) is 5.32 Å². The number of fused-ring (bicyclic) bond motifs is 1. The molecule has 130 valence electrons. The lowest BCUT2D eigenvalue weighted by atomic mass is 9.87. The van der Waals surface area contributed by atoms with E-state index in [9.17, 15) is 9.59 Å². The molecule has 3 rings (SSSR count). The Morgan fingerprint density at radius 2 is 2.17 bits per heavy atom. The topological polar surface area (TPSA) is 77.1 Å². The first kappa shape index (κ1) is 18.5. The van der Waals surface area contributed by atoms with Crippen molar-refractivity contribution in [1.82, 2.24) is 9.88 Å². The van der Waals surface area contributed by atoms with E-state index in [1.165, 1.54) is 16.9 Å². The smallest absolute Gasteiger partial charge is 0.308 e. The summed E-state index contributed by atoms with van der Waals surface area (Å²) in [6.07, 6.45) is 2.94. The fourth-order valence-corrected chi connectivity index (χ4v) is 3.97. The van der Waals surface area contributed by atoms with Crippen LogP contribution in [0.15, 0.2) is 23.0 Å². The number of nitrogen functional groups attached to an aromatic ring is 1. The molecule has 1 unspecified atom stereocenters. The second kappa shape index (κ2) is 7.40. The maximum atomic E-state index is 12.4. The molecule has 0 fully saturated rings. The van der Waals surface area contributed by atoms with Crippen LogP contribution in [-0.4, -0.2) is 10.5 Å². The summed E-state index contributed by atoms with van der Waals surface area (Å²) in [5, 5.41) is 3.07. The van der Waals surface area contributed by atoms with E-state index >= 15 is 0 Å². The third kappa shape index (κ3) is 3.65. The van der Waals surface area contributed by atoms with Crippen molar-refractivity contribution in [2.24, 2.45) is 0 Å². The van der Waals surface area contributed by atoms with Crippen molar-refractivity contribution in [3.8, 4) is 0 Å². The minimum atomic E-state index is -0.123. The zero-order valence-corrected chi connectivity index (χ0v) is 15.4. The molecule has 0 aliphatic heterocycles. The van der Waals surface area contributed by atoms with Crippen molar-refractivity contribution < 1.29 is 4.79 Å². The minimum absolute atomic E-state index is 0. The van der Waals surface area contributed by atoms with Crippen LogP contribution in [0.3, 0.4) is 0 Å². The first-order chi connectivity index (χ1) is 11.0. The van der Waals surface area contributed by atoms with Gasteiger partial charge in [-0.05, 0) is 56.4 Å². The molecule has 0 saturated heterocycles. The van der Waals surface area contributed by atoms with Crippen molar-refractivity contribution in [1.29, 1.82) is 0 Å². The molecular formula is C17H22ClN3O2S. The summed E-state index contributed by atoms with van der Waals surface area (Å²) in [5.74, 6) is -0.123. The monoisotopic (exact) mass is 367 g/mol. The molecule has 1 aliphatic carbocycles. The van der Waals surface area contributed by atoms with E-state index in [1.807, 2.05) is 32.0 Å². The molecule has 2 aromatic rings. The number of hydrogen-bond donors (Lipinski definition) is 2. The summed E-state index contributed by atoms with van der Waals surface area (Å²) in [7, 11) is 0. The summed E-state index contributed by atoms with van der Waals surface area (Å²) in [5.41, 5.74) is 9.82. The van der Waals surface area contributed by atoms with Gasteiger partial charge in [0.15, 0.2) is 0 Å². The van der Waals surface area contributed by atoms with Crippen LogP contribution in [0.25, 0.3) is 0 Å². The molecule has 1 aromatic carbocycles. The highest BCUT2D eigenvalue weighted by molar-refractivity contribution is 7.09. The fraction of sp³-hybridized carbons (Fsp3) is 0.412. The van der Waals surface area contributed by atoms with E-state index in [0.717, 1.165) is 41.1 Å². The predicted octanol–water partition coefficient (Wildman–Crippen LogP) is 2.72. The van der Waals surface area contributed by atoms with Crippen LogP contribution in [0.5, 0.6) is 0 Å². The number of amides is 1. The third-order valence-corrected chi connectivity index (χ3v) is 5.49. The zero-order valence-electron chi connectivity index (χ0n) is 13.8. The number of nitrogens with two attached hydrogens (primary N) is 1. The molecule has 1 heterocycles. The number of aryl methyl sites for hydroxylation is 2. The molecule has 1 aliphatic rings. The number of anilines is 1. The number of halogens is 1. The quantitative estimate of drug-likeness (QED) is 0.819. The van der Waals surface area contributed by atoms with Gasteiger partial charge in [0.25, 0.3) is 0 Å². The molecule has 0 saturated carbocycles. The summed E-state index contributed by atoms with van der Waals surface area (Å²) < 4.78 is 1.54. The van der Waals surface area contributed by atoms with Gasteiger partial charge in [-0.25, -0.2) is 0 Å². The van der Waals surface area contributed by atoms with E-state index in [0.29, 0.717) is 0 Å². The van der Waals surface area contributed by atoms with Crippen LogP contribution in [0.2, 0.25) is 0 Å². The van der Waals surface area contributed by atoms with Gasteiger partial charge < -0.3 is 11.1 Å². The Labute approximate surface area is 151 Å². The molecule has 0 radical (unpaired) electrons. The van der Waals surface area contributed by atoms with E-state index in [1.54, 1.807) is 4.57 Å². The average Bonchev–Trinajstić information content (AvgIpc) is 2.73. The first-order valence-electron chi connectivity index (χ1n) is 7.80. The molecule has 3 N–H and O–H groups in total. The molecule has 1 atom stereocenters. The number of nitrogens with zero attached hydrogens (tertiary/aromatic N) is 1. The highest BCUT2D eigenvalue weighted by Gasteiger charge is 2.22. The second-order valence-electron chi connectivity index (χ2n) is 6.07. The molecule has 0 spiro atoms. The molecule has 24 heavy (non-hydrogen) atoms. The lowest BCUT2D eigenvalue weighted by Gasteiger charge is -2.26. The van der Waals surface area contributed by atoms with Crippen molar-refractivity contribution in [3.05, 3.63) is 49.6 Å². The number of thiazole rings is 1. The number of rotatable bonds is 3. The molecule has 1 aromatic heterocycles. The summed E-state index contributed by atoms with van der Waals surface area (Å²) in [6.45, 7) is 3.85. The van der Waals surface area contributed by atoms with Crippen LogP contribution in [0.1, 0.15) is 40.6 Å². The van der Waals surface area contributed by atoms with Gasteiger partial charge in [0.2, 0.25) is 5.91 Å². The molecule has 7 heteroatoms. The number of benzene rings is 1. The normalized spacial score (nSPS) is 16.2. The highest BCUT2D eigenvalue weighted by Crippen LogP contribution is 2.30. The van der Waals surface area contributed by atoms with Crippen LogP contribution < -0.4 is 15.9 Å². The standard InChI is InChI=1S/C17H21N3O2S.ClH/c1-10-11(2)23-17(22)20(10)9-16(21)19-15-5-3-4-12-8-13(18)6-7-14(12)15;/h6-8,15H,3-5,9,18H2,1-2H3,(H,19,21);1H. The Morgan fingerprint density at radius 1 is 1.42 bits per heavy atom. The van der Waals surface area contributed by atoms with Gasteiger partial charge in [0.1, 0.15) is 6.54 Å². The number of carbonyl (C=O) groups is 1. The number of nitrogens with one attached hydrogen (secondary N) is 1. The van der Waals surface area contributed by atoms with Gasteiger partial charge in [-0.1, -0.05) is 17.4 Å². The lowest BCUT2D eigenvalue weighted by molar-refractivity contribution is -0.122. The Bertz CT molecular complexity index is 813. The molecule has 5 nitrogen and oxygen atoms in total. The molecular weight excluding hydrogens is 346 g/mol.